The fraction of sp³-hybridized carbons (Fsp3) is 0.214. The number of nitrogens with one attached hydrogen (secondary N) is 2. The molecule has 5 heteroatoms. The van der Waals surface area contributed by atoms with Crippen molar-refractivity contribution < 1.29 is 9.90 Å². The molecule has 1 unspecified atom stereocenters. The number of benzene rings is 1. The lowest BCUT2D eigenvalue weighted by atomic mass is 9.96. The number of aromatic amines is 1. The van der Waals surface area contributed by atoms with Crippen LogP contribution in [0.4, 0.5) is 0 Å². The first-order valence-corrected chi connectivity index (χ1v) is 6.27. The van der Waals surface area contributed by atoms with E-state index in [4.69, 9.17) is 11.6 Å². The van der Waals surface area contributed by atoms with Crippen LogP contribution in [0.25, 0.3) is 0 Å². The van der Waals surface area contributed by atoms with Crippen LogP contribution in [0.5, 0.6) is 0 Å². The third kappa shape index (κ3) is 3.16. The predicted molar refractivity (Wildman–Crippen MR) is 74.1 cm³/mol. The van der Waals surface area contributed by atoms with E-state index in [-0.39, 0.29) is 12.5 Å². The first kappa shape index (κ1) is 13.6. The zero-order chi connectivity index (χ0) is 13.9. The molecule has 1 heterocycles. The molecule has 100 valence electrons. The molecular formula is C14H15ClN2O2. The summed E-state index contributed by atoms with van der Waals surface area (Å²) in [5.41, 5.74) is -0.181. The molecule has 0 aliphatic carbocycles. The summed E-state index contributed by atoms with van der Waals surface area (Å²) in [5, 5.41) is 13.5. The van der Waals surface area contributed by atoms with E-state index in [9.17, 15) is 9.90 Å². The monoisotopic (exact) mass is 278 g/mol. The number of carbonyl (C=O) groups excluding carboxylic acids is 1. The van der Waals surface area contributed by atoms with Crippen molar-refractivity contribution in [3.8, 4) is 0 Å². The molecule has 1 aromatic heterocycles. The summed E-state index contributed by atoms with van der Waals surface area (Å²) in [7, 11) is 0. The molecule has 19 heavy (non-hydrogen) atoms. The maximum Gasteiger partial charge on any atom is 0.267 e. The predicted octanol–water partition coefficient (Wildman–Crippen LogP) is 2.31. The molecule has 0 aliphatic rings. The summed E-state index contributed by atoms with van der Waals surface area (Å²) in [6.45, 7) is 1.69. The van der Waals surface area contributed by atoms with Gasteiger partial charge in [-0.25, -0.2) is 0 Å². The number of rotatable bonds is 4. The molecule has 0 saturated heterocycles. The molecule has 1 aromatic carbocycles. The molecule has 2 aromatic rings. The van der Waals surface area contributed by atoms with Gasteiger partial charge in [0.15, 0.2) is 0 Å². The fourth-order valence-corrected chi connectivity index (χ4v) is 2.15. The summed E-state index contributed by atoms with van der Waals surface area (Å²) in [4.78, 5) is 14.6. The van der Waals surface area contributed by atoms with Gasteiger partial charge in [-0.3, -0.25) is 4.79 Å². The molecule has 0 spiro atoms. The van der Waals surface area contributed by atoms with Crippen molar-refractivity contribution >= 4 is 17.5 Å². The summed E-state index contributed by atoms with van der Waals surface area (Å²) >= 11 is 6.04. The summed E-state index contributed by atoms with van der Waals surface area (Å²) < 4.78 is 0. The van der Waals surface area contributed by atoms with Crippen molar-refractivity contribution in [2.45, 2.75) is 12.5 Å². The lowest BCUT2D eigenvalue weighted by Crippen LogP contribution is -2.38. The van der Waals surface area contributed by atoms with Gasteiger partial charge in [0.05, 0.1) is 6.54 Å². The van der Waals surface area contributed by atoms with Gasteiger partial charge < -0.3 is 15.4 Å². The van der Waals surface area contributed by atoms with Gasteiger partial charge in [0, 0.05) is 16.8 Å². The summed E-state index contributed by atoms with van der Waals surface area (Å²) in [5.74, 6) is -0.266. The van der Waals surface area contributed by atoms with Crippen molar-refractivity contribution in [3.05, 3.63) is 58.9 Å². The first-order valence-electron chi connectivity index (χ1n) is 5.90. The molecule has 4 nitrogen and oxygen atoms in total. The minimum Gasteiger partial charge on any atom is -0.384 e. The van der Waals surface area contributed by atoms with E-state index in [0.717, 1.165) is 0 Å². The molecule has 1 atom stereocenters. The zero-order valence-electron chi connectivity index (χ0n) is 10.5. The van der Waals surface area contributed by atoms with Crippen LogP contribution in [0.1, 0.15) is 23.0 Å². The Morgan fingerprint density at radius 2 is 2.11 bits per heavy atom. The second-order valence-corrected chi connectivity index (χ2v) is 4.93. The minimum atomic E-state index is -1.22. The van der Waals surface area contributed by atoms with Crippen molar-refractivity contribution in [1.82, 2.24) is 10.3 Å². The minimum absolute atomic E-state index is 0.0780. The fourth-order valence-electron chi connectivity index (χ4n) is 1.81. The van der Waals surface area contributed by atoms with Crippen LogP contribution in [0.15, 0.2) is 42.6 Å². The molecule has 0 bridgehead atoms. The Morgan fingerprint density at radius 3 is 2.74 bits per heavy atom. The molecule has 0 radical (unpaired) electrons. The van der Waals surface area contributed by atoms with E-state index in [0.29, 0.717) is 16.3 Å². The Labute approximate surface area is 116 Å². The van der Waals surface area contributed by atoms with E-state index in [1.165, 1.54) is 0 Å². The number of aromatic nitrogens is 1. The number of halogens is 1. The van der Waals surface area contributed by atoms with E-state index in [2.05, 4.69) is 10.3 Å². The van der Waals surface area contributed by atoms with Gasteiger partial charge in [-0.1, -0.05) is 29.8 Å². The van der Waals surface area contributed by atoms with Crippen LogP contribution in [0.2, 0.25) is 5.02 Å². The van der Waals surface area contributed by atoms with Crippen LogP contribution in [0.3, 0.4) is 0 Å². The van der Waals surface area contributed by atoms with E-state index < -0.39 is 5.60 Å². The number of carbonyl (C=O) groups is 1. The molecule has 1 amide bonds. The Bertz CT molecular complexity index is 565. The highest BCUT2D eigenvalue weighted by molar-refractivity contribution is 6.31. The van der Waals surface area contributed by atoms with Gasteiger partial charge in [0.2, 0.25) is 0 Å². The average Bonchev–Trinajstić information content (AvgIpc) is 2.90. The third-order valence-electron chi connectivity index (χ3n) is 2.89. The second kappa shape index (κ2) is 5.47. The smallest absolute Gasteiger partial charge is 0.267 e. The van der Waals surface area contributed by atoms with Crippen LogP contribution >= 0.6 is 11.6 Å². The topological polar surface area (TPSA) is 65.1 Å². The van der Waals surface area contributed by atoms with Crippen molar-refractivity contribution in [3.63, 3.8) is 0 Å². The molecule has 0 aliphatic heterocycles. The van der Waals surface area contributed by atoms with Crippen LogP contribution in [-0.2, 0) is 5.60 Å². The lowest BCUT2D eigenvalue weighted by molar-refractivity contribution is 0.0526. The Kier molecular flexibility index (Phi) is 3.93. The quantitative estimate of drug-likeness (QED) is 0.803. The highest BCUT2D eigenvalue weighted by atomic mass is 35.5. The maximum absolute atomic E-state index is 11.8. The number of amides is 1. The van der Waals surface area contributed by atoms with Crippen molar-refractivity contribution in [1.29, 1.82) is 0 Å². The standard InChI is InChI=1S/C14H15ClN2O2/c1-14(19,10-5-2-3-6-11(10)15)9-17-13(18)12-7-4-8-16-12/h2-8,16,19H,9H2,1H3,(H,17,18). The Hall–Kier alpha value is -1.78. The lowest BCUT2D eigenvalue weighted by Gasteiger charge is -2.25. The van der Waals surface area contributed by atoms with Gasteiger partial charge in [-0.05, 0) is 25.1 Å². The number of hydrogen-bond acceptors (Lipinski definition) is 2. The van der Waals surface area contributed by atoms with Crippen LogP contribution < -0.4 is 5.32 Å². The maximum atomic E-state index is 11.8. The largest absolute Gasteiger partial charge is 0.384 e. The summed E-state index contributed by atoms with van der Waals surface area (Å²) in [6.07, 6.45) is 1.67. The molecule has 0 saturated carbocycles. The Morgan fingerprint density at radius 1 is 1.37 bits per heavy atom. The van der Waals surface area contributed by atoms with Gasteiger partial charge in [0.1, 0.15) is 11.3 Å². The normalized spacial score (nSPS) is 13.8. The van der Waals surface area contributed by atoms with E-state index in [1.807, 2.05) is 0 Å². The zero-order valence-corrected chi connectivity index (χ0v) is 11.2. The Balaban J connectivity index is 2.06. The van der Waals surface area contributed by atoms with E-state index >= 15 is 0 Å². The molecule has 0 fully saturated rings. The number of aliphatic hydroxyl groups is 1. The molecule has 2 rings (SSSR count). The highest BCUT2D eigenvalue weighted by Crippen LogP contribution is 2.27. The second-order valence-electron chi connectivity index (χ2n) is 4.52. The molecular weight excluding hydrogens is 264 g/mol. The number of H-pyrrole nitrogens is 1. The van der Waals surface area contributed by atoms with Crippen LogP contribution in [-0.4, -0.2) is 22.5 Å². The van der Waals surface area contributed by atoms with Gasteiger partial charge >= 0.3 is 0 Å². The van der Waals surface area contributed by atoms with Crippen LogP contribution in [0, 0.1) is 0 Å². The average molecular weight is 279 g/mol. The molecule has 3 N–H and O–H groups in total. The van der Waals surface area contributed by atoms with Gasteiger partial charge in [-0.15, -0.1) is 0 Å². The SMILES string of the molecule is CC(O)(CNC(=O)c1ccc[nH]1)c1ccccc1Cl. The van der Waals surface area contributed by atoms with Gasteiger partial charge in [-0.2, -0.15) is 0 Å². The third-order valence-corrected chi connectivity index (χ3v) is 3.22. The highest BCUT2D eigenvalue weighted by Gasteiger charge is 2.26. The summed E-state index contributed by atoms with van der Waals surface area (Å²) in [6, 6.07) is 10.4. The van der Waals surface area contributed by atoms with E-state index in [1.54, 1.807) is 49.5 Å². The number of hydrogen-bond donors (Lipinski definition) is 3. The first-order chi connectivity index (χ1) is 9.00. The van der Waals surface area contributed by atoms with Gasteiger partial charge in [0.25, 0.3) is 5.91 Å². The van der Waals surface area contributed by atoms with Crippen molar-refractivity contribution in [2.75, 3.05) is 6.54 Å². The van der Waals surface area contributed by atoms with Crippen molar-refractivity contribution in [2.24, 2.45) is 0 Å².